The first-order valence-electron chi connectivity index (χ1n) is 7.17. The normalized spacial score (nSPS) is 12.1. The summed E-state index contributed by atoms with van der Waals surface area (Å²) in [5, 5.41) is 19.2. The van der Waals surface area contributed by atoms with Crippen LogP contribution >= 0.6 is 0 Å². The van der Waals surface area contributed by atoms with E-state index in [1.807, 2.05) is 0 Å². The lowest BCUT2D eigenvalue weighted by Gasteiger charge is -2.11. The first kappa shape index (κ1) is 20.3. The van der Waals surface area contributed by atoms with Gasteiger partial charge in [0, 0.05) is 0 Å². The van der Waals surface area contributed by atoms with Gasteiger partial charge in [0.25, 0.3) is 0 Å². The molecule has 0 aliphatic heterocycles. The maximum Gasteiger partial charge on any atom is 0.416 e. The zero-order chi connectivity index (χ0) is 20.6. The monoisotopic (exact) mass is 392 g/mol. The molecule has 0 heterocycles. The minimum absolute atomic E-state index is 0.313. The zero-order valence-corrected chi connectivity index (χ0v) is 13.1. The van der Waals surface area contributed by atoms with Crippen LogP contribution in [-0.2, 0) is 12.4 Å². The second kappa shape index (κ2) is 6.93. The quantitative estimate of drug-likeness (QED) is 0.453. The summed E-state index contributed by atoms with van der Waals surface area (Å²) in [6.45, 7) is 0. The van der Waals surface area contributed by atoms with Crippen LogP contribution in [-0.4, -0.2) is 21.8 Å². The Kier molecular flexibility index (Phi) is 5.21. The Hall–Kier alpha value is -3.04. The summed E-state index contributed by atoms with van der Waals surface area (Å²) in [6, 6.07) is 3.06. The average molecular weight is 392 g/mol. The molecule has 0 aromatic heterocycles. The van der Waals surface area contributed by atoms with E-state index in [-0.39, 0.29) is 0 Å². The molecular formula is C17H10F6O4. The van der Waals surface area contributed by atoms with E-state index in [9.17, 15) is 46.1 Å². The van der Waals surface area contributed by atoms with E-state index in [0.29, 0.717) is 36.4 Å². The molecule has 0 atom stereocenters. The molecule has 0 aliphatic rings. The Morgan fingerprint density at radius 1 is 0.704 bits per heavy atom. The molecule has 0 spiro atoms. The maximum atomic E-state index is 12.5. The van der Waals surface area contributed by atoms with Crippen LogP contribution < -0.4 is 0 Å². The van der Waals surface area contributed by atoms with Crippen molar-refractivity contribution in [3.63, 3.8) is 0 Å². The van der Waals surface area contributed by atoms with Gasteiger partial charge in [0.15, 0.2) is 11.6 Å². The van der Waals surface area contributed by atoms with E-state index in [2.05, 4.69) is 0 Å². The summed E-state index contributed by atoms with van der Waals surface area (Å²) in [4.78, 5) is 24.0. The highest BCUT2D eigenvalue weighted by Gasteiger charge is 2.33. The third-order valence-corrected chi connectivity index (χ3v) is 3.57. The number of phenols is 2. The number of halogens is 6. The van der Waals surface area contributed by atoms with Gasteiger partial charge in [-0.2, -0.15) is 26.3 Å². The zero-order valence-electron chi connectivity index (χ0n) is 13.1. The Morgan fingerprint density at radius 2 is 1.04 bits per heavy atom. The second-order valence-corrected chi connectivity index (χ2v) is 5.48. The lowest BCUT2D eigenvalue weighted by molar-refractivity contribution is -0.138. The molecule has 27 heavy (non-hydrogen) atoms. The minimum atomic E-state index is -4.75. The highest BCUT2D eigenvalue weighted by atomic mass is 19.4. The van der Waals surface area contributed by atoms with Crippen molar-refractivity contribution >= 4 is 11.6 Å². The molecule has 4 nitrogen and oxygen atoms in total. The predicted octanol–water partition coefficient (Wildman–Crippen LogP) is 4.59. The third kappa shape index (κ3) is 4.57. The predicted molar refractivity (Wildman–Crippen MR) is 79.5 cm³/mol. The van der Waals surface area contributed by atoms with Gasteiger partial charge in [-0.25, -0.2) is 0 Å². The molecule has 10 heteroatoms. The number of carbonyl (C=O) groups excluding carboxylic acids is 2. The molecule has 0 bridgehead atoms. The van der Waals surface area contributed by atoms with Gasteiger partial charge < -0.3 is 10.2 Å². The van der Waals surface area contributed by atoms with E-state index in [4.69, 9.17) is 0 Å². The molecule has 0 saturated carbocycles. The molecular weight excluding hydrogens is 382 g/mol. The Morgan fingerprint density at radius 3 is 1.30 bits per heavy atom. The number of ketones is 2. The van der Waals surface area contributed by atoms with Crippen LogP contribution in [0, 0.1) is 0 Å². The van der Waals surface area contributed by atoms with E-state index in [1.54, 1.807) is 0 Å². The number of aromatic hydroxyl groups is 2. The van der Waals surface area contributed by atoms with Gasteiger partial charge in [-0.05, 0) is 36.4 Å². The van der Waals surface area contributed by atoms with Gasteiger partial charge in [0.05, 0.1) is 28.7 Å². The Bertz CT molecular complexity index is 826. The molecule has 2 N–H and O–H groups in total. The van der Waals surface area contributed by atoms with Crippen molar-refractivity contribution in [2.75, 3.05) is 0 Å². The van der Waals surface area contributed by atoms with E-state index in [1.165, 1.54) is 0 Å². The number of alkyl halides is 6. The molecule has 0 amide bonds. The van der Waals surface area contributed by atoms with Crippen LogP contribution in [0.4, 0.5) is 26.3 Å². The van der Waals surface area contributed by atoms with Gasteiger partial charge in [-0.3, -0.25) is 9.59 Å². The van der Waals surface area contributed by atoms with Gasteiger partial charge >= 0.3 is 12.4 Å². The molecule has 2 rings (SSSR count). The number of Topliss-reactive ketones (excluding diaryl/α,β-unsaturated/α-hetero) is 2. The van der Waals surface area contributed by atoms with Crippen molar-refractivity contribution in [1.82, 2.24) is 0 Å². The first-order chi connectivity index (χ1) is 12.3. The highest BCUT2D eigenvalue weighted by molar-refractivity contribution is 6.15. The third-order valence-electron chi connectivity index (χ3n) is 3.57. The van der Waals surface area contributed by atoms with E-state index in [0.717, 1.165) is 0 Å². The minimum Gasteiger partial charge on any atom is -0.507 e. The molecule has 0 unspecified atom stereocenters. The van der Waals surface area contributed by atoms with Crippen molar-refractivity contribution in [2.45, 2.75) is 18.8 Å². The molecule has 2 aromatic carbocycles. The van der Waals surface area contributed by atoms with Crippen molar-refractivity contribution in [3.05, 3.63) is 58.7 Å². The number of rotatable bonds is 4. The smallest absolute Gasteiger partial charge is 0.416 e. The van der Waals surface area contributed by atoms with Crippen molar-refractivity contribution in [2.24, 2.45) is 0 Å². The Labute approximate surface area is 147 Å². The first-order valence-corrected chi connectivity index (χ1v) is 7.17. The SMILES string of the molecule is O=C(CC(=O)c1ccc(C(F)(F)F)cc1O)c1ccc(C(F)(F)F)cc1O. The highest BCUT2D eigenvalue weighted by Crippen LogP contribution is 2.34. The van der Waals surface area contributed by atoms with Crippen LogP contribution in [0.1, 0.15) is 38.3 Å². The van der Waals surface area contributed by atoms with E-state index >= 15 is 0 Å². The van der Waals surface area contributed by atoms with Crippen molar-refractivity contribution in [1.29, 1.82) is 0 Å². The topological polar surface area (TPSA) is 74.6 Å². The second-order valence-electron chi connectivity index (χ2n) is 5.48. The van der Waals surface area contributed by atoms with Crippen LogP contribution in [0.15, 0.2) is 36.4 Å². The fourth-order valence-electron chi connectivity index (χ4n) is 2.22. The van der Waals surface area contributed by atoms with Gasteiger partial charge in [0.2, 0.25) is 0 Å². The summed E-state index contributed by atoms with van der Waals surface area (Å²) in [5.74, 6) is -4.13. The van der Waals surface area contributed by atoms with Crippen LogP contribution in [0.5, 0.6) is 11.5 Å². The van der Waals surface area contributed by atoms with Crippen LogP contribution in [0.3, 0.4) is 0 Å². The molecule has 0 aliphatic carbocycles. The number of hydrogen-bond donors (Lipinski definition) is 2. The fraction of sp³-hybridized carbons (Fsp3) is 0.176. The molecule has 2 aromatic rings. The summed E-state index contributed by atoms with van der Waals surface area (Å²) < 4.78 is 75.2. The van der Waals surface area contributed by atoms with Gasteiger partial charge in [0.1, 0.15) is 11.5 Å². The average Bonchev–Trinajstić information content (AvgIpc) is 2.52. The van der Waals surface area contributed by atoms with Gasteiger partial charge in [-0.15, -0.1) is 0 Å². The molecule has 0 fully saturated rings. The van der Waals surface area contributed by atoms with Crippen LogP contribution in [0.2, 0.25) is 0 Å². The van der Waals surface area contributed by atoms with Crippen molar-refractivity contribution in [3.8, 4) is 11.5 Å². The van der Waals surface area contributed by atoms with E-state index < -0.39 is 64.1 Å². The van der Waals surface area contributed by atoms with Crippen LogP contribution in [0.25, 0.3) is 0 Å². The summed E-state index contributed by atoms with van der Waals surface area (Å²) in [6.07, 6.45) is -10.5. The van der Waals surface area contributed by atoms with Crippen molar-refractivity contribution < 1.29 is 46.1 Å². The number of phenolic OH excluding ortho intramolecular Hbond substituents is 2. The fourth-order valence-corrected chi connectivity index (χ4v) is 2.22. The Balaban J connectivity index is 2.22. The number of carbonyl (C=O) groups is 2. The molecule has 144 valence electrons. The maximum absolute atomic E-state index is 12.5. The summed E-state index contributed by atoms with van der Waals surface area (Å²) >= 11 is 0. The lowest BCUT2D eigenvalue weighted by atomic mass is 9.98. The standard InChI is InChI=1S/C17H10F6O4/c18-16(19,20)8-1-3-10(12(24)5-8)14(26)7-15(27)11-4-2-9(6-13(11)25)17(21,22)23/h1-6,24-25H,7H2. The van der Waals surface area contributed by atoms with Gasteiger partial charge in [-0.1, -0.05) is 0 Å². The number of benzene rings is 2. The summed E-state index contributed by atoms with van der Waals surface area (Å²) in [7, 11) is 0. The largest absolute Gasteiger partial charge is 0.507 e. The lowest BCUT2D eigenvalue weighted by Crippen LogP contribution is -2.11. The number of hydrogen-bond acceptors (Lipinski definition) is 4. The molecule has 0 radical (unpaired) electrons. The molecule has 0 saturated heterocycles. The summed E-state index contributed by atoms with van der Waals surface area (Å²) in [5.41, 5.74) is -3.54.